The molecule has 2 aromatic carbocycles. The van der Waals surface area contributed by atoms with E-state index in [-0.39, 0.29) is 5.02 Å². The largest absolute Gasteiger partial charge is 0.456 e. The third kappa shape index (κ3) is 3.38. The zero-order valence-corrected chi connectivity index (χ0v) is 11.5. The van der Waals surface area contributed by atoms with Crippen molar-refractivity contribution in [2.45, 2.75) is 13.0 Å². The molecule has 0 amide bonds. The van der Waals surface area contributed by atoms with Crippen molar-refractivity contribution in [2.24, 2.45) is 0 Å². The number of ether oxygens (including phenoxy) is 1. The number of benzene rings is 2. The lowest BCUT2D eigenvalue weighted by Gasteiger charge is -2.10. The zero-order valence-electron chi connectivity index (χ0n) is 10.0. The van der Waals surface area contributed by atoms with Gasteiger partial charge in [0.15, 0.2) is 0 Å². The molecule has 0 unspecified atom stereocenters. The van der Waals surface area contributed by atoms with E-state index >= 15 is 0 Å². The van der Waals surface area contributed by atoms with Crippen LogP contribution in [0.15, 0.2) is 36.4 Å². The van der Waals surface area contributed by atoms with Gasteiger partial charge in [0.25, 0.3) is 0 Å². The molecule has 0 bridgehead atoms. The lowest BCUT2D eigenvalue weighted by atomic mass is 10.1. The first kappa shape index (κ1) is 14.1. The molecule has 0 aliphatic rings. The van der Waals surface area contributed by atoms with Gasteiger partial charge in [-0.3, -0.25) is 0 Å². The summed E-state index contributed by atoms with van der Waals surface area (Å²) in [6, 6.07) is 9.05. The molecule has 0 saturated carbocycles. The fourth-order valence-electron chi connectivity index (χ4n) is 1.53. The summed E-state index contributed by atoms with van der Waals surface area (Å²) in [5.41, 5.74) is 0.680. The minimum atomic E-state index is -0.612. The maximum Gasteiger partial charge on any atom is 0.146 e. The third-order valence-electron chi connectivity index (χ3n) is 2.56. The molecule has 0 spiro atoms. The van der Waals surface area contributed by atoms with Gasteiger partial charge in [-0.15, -0.1) is 0 Å². The molecular weight excluding hydrogens is 290 g/mol. The Bertz CT molecular complexity index is 600. The van der Waals surface area contributed by atoms with Crippen LogP contribution >= 0.6 is 23.2 Å². The monoisotopic (exact) mass is 300 g/mol. The Morgan fingerprint density at radius 1 is 1.11 bits per heavy atom. The smallest absolute Gasteiger partial charge is 0.146 e. The van der Waals surface area contributed by atoms with E-state index in [1.807, 2.05) is 0 Å². The molecule has 0 saturated heterocycles. The number of aliphatic hydroxyl groups is 1. The number of hydrogen-bond acceptors (Lipinski definition) is 2. The quantitative estimate of drug-likeness (QED) is 0.866. The number of rotatable bonds is 3. The topological polar surface area (TPSA) is 29.5 Å². The predicted octanol–water partition coefficient (Wildman–Crippen LogP) is 4.98. The molecule has 0 aliphatic heterocycles. The fraction of sp³-hybridized carbons (Fsp3) is 0.143. The van der Waals surface area contributed by atoms with E-state index in [0.29, 0.717) is 22.1 Å². The van der Waals surface area contributed by atoms with Crippen LogP contribution in [0.4, 0.5) is 4.39 Å². The van der Waals surface area contributed by atoms with Crippen LogP contribution < -0.4 is 4.74 Å². The summed E-state index contributed by atoms with van der Waals surface area (Å²) in [5.74, 6) is 0.122. The molecular formula is C14H11Cl2FO2. The van der Waals surface area contributed by atoms with Crippen molar-refractivity contribution in [2.75, 3.05) is 0 Å². The van der Waals surface area contributed by atoms with Gasteiger partial charge >= 0.3 is 0 Å². The molecule has 2 nitrogen and oxygen atoms in total. The van der Waals surface area contributed by atoms with Crippen LogP contribution in [0.25, 0.3) is 0 Å². The highest BCUT2D eigenvalue weighted by Gasteiger charge is 2.09. The molecule has 0 heterocycles. The highest BCUT2D eigenvalue weighted by Crippen LogP contribution is 2.32. The Labute approximate surface area is 120 Å². The maximum atomic E-state index is 13.3. The van der Waals surface area contributed by atoms with Crippen molar-refractivity contribution < 1.29 is 14.2 Å². The van der Waals surface area contributed by atoms with Gasteiger partial charge in [0.2, 0.25) is 0 Å². The standard InChI is InChI=1S/C14H11Cl2FO2/c1-8(18)9-2-5-14(12(16)6-9)19-10-3-4-11(15)13(17)7-10/h2-8,18H,1H3/t8-/m1/s1. The van der Waals surface area contributed by atoms with Crippen molar-refractivity contribution in [3.8, 4) is 11.5 Å². The van der Waals surface area contributed by atoms with Gasteiger partial charge in [0.05, 0.1) is 16.1 Å². The van der Waals surface area contributed by atoms with Gasteiger partial charge in [-0.25, -0.2) is 4.39 Å². The van der Waals surface area contributed by atoms with Crippen LogP contribution in [0.3, 0.4) is 0 Å². The van der Waals surface area contributed by atoms with E-state index in [0.717, 1.165) is 0 Å². The summed E-state index contributed by atoms with van der Waals surface area (Å²) in [4.78, 5) is 0. The number of halogens is 3. The van der Waals surface area contributed by atoms with Gasteiger partial charge in [0, 0.05) is 6.07 Å². The Hall–Kier alpha value is -1.29. The van der Waals surface area contributed by atoms with E-state index < -0.39 is 11.9 Å². The normalized spacial score (nSPS) is 12.3. The lowest BCUT2D eigenvalue weighted by Crippen LogP contribution is -1.92. The minimum Gasteiger partial charge on any atom is -0.456 e. The highest BCUT2D eigenvalue weighted by molar-refractivity contribution is 6.32. The van der Waals surface area contributed by atoms with E-state index in [9.17, 15) is 9.50 Å². The first-order valence-electron chi connectivity index (χ1n) is 5.58. The first-order chi connectivity index (χ1) is 8.97. The number of hydrogen-bond donors (Lipinski definition) is 1. The van der Waals surface area contributed by atoms with E-state index in [1.165, 1.54) is 12.1 Å². The molecule has 5 heteroatoms. The Kier molecular flexibility index (Phi) is 4.30. The van der Waals surface area contributed by atoms with Crippen molar-refractivity contribution in [3.63, 3.8) is 0 Å². The van der Waals surface area contributed by atoms with Crippen molar-refractivity contribution >= 4 is 23.2 Å². The average molecular weight is 301 g/mol. The van der Waals surface area contributed by atoms with Gasteiger partial charge in [-0.05, 0) is 36.8 Å². The third-order valence-corrected chi connectivity index (χ3v) is 3.16. The van der Waals surface area contributed by atoms with Crippen LogP contribution in [0.2, 0.25) is 10.0 Å². The van der Waals surface area contributed by atoms with Gasteiger partial charge in [-0.2, -0.15) is 0 Å². The lowest BCUT2D eigenvalue weighted by molar-refractivity contribution is 0.199. The molecule has 0 aromatic heterocycles. The second kappa shape index (κ2) is 5.78. The summed E-state index contributed by atoms with van der Waals surface area (Å²) in [6.07, 6.45) is -0.612. The summed E-state index contributed by atoms with van der Waals surface area (Å²) in [5, 5.41) is 9.80. The molecule has 2 rings (SSSR count). The minimum absolute atomic E-state index is 0.0305. The molecule has 100 valence electrons. The Morgan fingerprint density at radius 3 is 2.42 bits per heavy atom. The molecule has 2 aromatic rings. The first-order valence-corrected chi connectivity index (χ1v) is 6.33. The number of aliphatic hydroxyl groups excluding tert-OH is 1. The van der Waals surface area contributed by atoms with Gasteiger partial charge in [0.1, 0.15) is 17.3 Å². The van der Waals surface area contributed by atoms with E-state index in [4.69, 9.17) is 27.9 Å². The Balaban J connectivity index is 2.25. The molecule has 0 aliphatic carbocycles. The average Bonchev–Trinajstić information content (AvgIpc) is 2.36. The maximum absolute atomic E-state index is 13.3. The summed E-state index contributed by atoms with van der Waals surface area (Å²) < 4.78 is 18.7. The van der Waals surface area contributed by atoms with Crippen molar-refractivity contribution in [3.05, 3.63) is 57.8 Å². The predicted molar refractivity (Wildman–Crippen MR) is 73.6 cm³/mol. The van der Waals surface area contributed by atoms with Crippen molar-refractivity contribution in [1.29, 1.82) is 0 Å². The van der Waals surface area contributed by atoms with E-state index in [1.54, 1.807) is 31.2 Å². The molecule has 0 radical (unpaired) electrons. The molecule has 1 atom stereocenters. The zero-order chi connectivity index (χ0) is 14.0. The summed E-state index contributed by atoms with van der Waals surface area (Å²) >= 11 is 11.6. The van der Waals surface area contributed by atoms with Crippen LogP contribution in [0, 0.1) is 5.82 Å². The second-order valence-corrected chi connectivity index (χ2v) is 4.86. The van der Waals surface area contributed by atoms with Crippen LogP contribution in [0.5, 0.6) is 11.5 Å². The van der Waals surface area contributed by atoms with Crippen LogP contribution in [0.1, 0.15) is 18.6 Å². The van der Waals surface area contributed by atoms with Crippen LogP contribution in [-0.4, -0.2) is 5.11 Å². The molecule has 1 N–H and O–H groups in total. The molecule has 0 fully saturated rings. The van der Waals surface area contributed by atoms with Crippen molar-refractivity contribution in [1.82, 2.24) is 0 Å². The SMILES string of the molecule is C[C@@H](O)c1ccc(Oc2ccc(Cl)c(F)c2)c(Cl)c1. The van der Waals surface area contributed by atoms with Gasteiger partial charge < -0.3 is 9.84 Å². The highest BCUT2D eigenvalue weighted by atomic mass is 35.5. The van der Waals surface area contributed by atoms with Gasteiger partial charge in [-0.1, -0.05) is 29.3 Å². The molecule has 19 heavy (non-hydrogen) atoms. The van der Waals surface area contributed by atoms with Crippen LogP contribution in [-0.2, 0) is 0 Å². The van der Waals surface area contributed by atoms with E-state index in [2.05, 4.69) is 0 Å². The summed E-state index contributed by atoms with van der Waals surface area (Å²) in [7, 11) is 0. The fourth-order valence-corrected chi connectivity index (χ4v) is 1.87. The second-order valence-electron chi connectivity index (χ2n) is 4.04. The Morgan fingerprint density at radius 2 is 1.84 bits per heavy atom. The summed E-state index contributed by atoms with van der Waals surface area (Å²) in [6.45, 7) is 1.64.